The zero-order chi connectivity index (χ0) is 14.7. The first kappa shape index (κ1) is 16.6. The lowest BCUT2D eigenvalue weighted by atomic mass is 10.2. The van der Waals surface area contributed by atoms with Gasteiger partial charge in [-0.25, -0.2) is 4.39 Å². The Bertz CT molecular complexity index is 352. The van der Waals surface area contributed by atoms with E-state index in [1.54, 1.807) is 0 Å². The molecular formula is C10H12F5NO2. The second-order valence-electron chi connectivity index (χ2n) is 3.46. The fraction of sp³-hybridized carbons (Fsp3) is 0.500. The van der Waals surface area contributed by atoms with Gasteiger partial charge in [-0.1, -0.05) is 13.2 Å². The maximum atomic E-state index is 13.6. The Labute approximate surface area is 101 Å². The minimum Gasteiger partial charge on any atom is -0.299 e. The van der Waals surface area contributed by atoms with Crippen LogP contribution in [0.2, 0.25) is 0 Å². The third-order valence-electron chi connectivity index (χ3n) is 1.86. The normalized spacial score (nSPS) is 14.8. The first-order chi connectivity index (χ1) is 7.99. The van der Waals surface area contributed by atoms with E-state index in [2.05, 4.69) is 17.9 Å². The van der Waals surface area contributed by atoms with Crippen molar-refractivity contribution >= 4 is 5.91 Å². The second-order valence-corrected chi connectivity index (χ2v) is 3.46. The van der Waals surface area contributed by atoms with Crippen LogP contribution in [-0.2, 0) is 9.53 Å². The minimum absolute atomic E-state index is 0.207. The molecule has 3 nitrogen and oxygen atoms in total. The molecule has 0 rings (SSSR count). The van der Waals surface area contributed by atoms with Gasteiger partial charge >= 0.3 is 17.9 Å². The molecule has 1 atom stereocenters. The Morgan fingerprint density at radius 3 is 1.78 bits per heavy atom. The number of alkyl halides is 5. The summed E-state index contributed by atoms with van der Waals surface area (Å²) in [5.41, 5.74) is -0.414. The summed E-state index contributed by atoms with van der Waals surface area (Å²) in [5.74, 6) is -6.92. The highest BCUT2D eigenvalue weighted by Gasteiger charge is 2.65. The summed E-state index contributed by atoms with van der Waals surface area (Å²) in [6.07, 6.45) is -5.72. The van der Waals surface area contributed by atoms with E-state index in [1.165, 1.54) is 13.8 Å². The van der Waals surface area contributed by atoms with Gasteiger partial charge in [-0.15, -0.1) is 0 Å². The highest BCUT2D eigenvalue weighted by molar-refractivity contribution is 5.87. The molecule has 0 aliphatic heterocycles. The summed E-state index contributed by atoms with van der Waals surface area (Å²) in [5, 5.41) is 0. The van der Waals surface area contributed by atoms with Crippen molar-refractivity contribution in [1.82, 2.24) is 4.90 Å². The van der Waals surface area contributed by atoms with Crippen molar-refractivity contribution in [3.8, 4) is 0 Å². The molecule has 0 aromatic carbocycles. The number of allylic oxidation sites excluding steroid dienone is 2. The van der Waals surface area contributed by atoms with Crippen LogP contribution in [-0.4, -0.2) is 29.7 Å². The SMILES string of the molecule is C=C(C)N(C(=C)C)C(=O)C(F)(OCF)C(F)(F)F. The lowest BCUT2D eigenvalue weighted by molar-refractivity contribution is -0.325. The minimum atomic E-state index is -5.72. The maximum absolute atomic E-state index is 13.6. The molecule has 0 aliphatic carbocycles. The number of nitrogens with zero attached hydrogens (tertiary/aromatic N) is 1. The third kappa shape index (κ3) is 3.06. The van der Waals surface area contributed by atoms with Crippen LogP contribution in [0, 0.1) is 0 Å². The molecule has 1 unspecified atom stereocenters. The van der Waals surface area contributed by atoms with Crippen LogP contribution in [0.5, 0.6) is 0 Å². The number of rotatable bonds is 5. The van der Waals surface area contributed by atoms with Crippen LogP contribution in [0.15, 0.2) is 24.6 Å². The molecular weight excluding hydrogens is 261 g/mol. The lowest BCUT2D eigenvalue weighted by Gasteiger charge is -2.31. The van der Waals surface area contributed by atoms with Gasteiger partial charge in [0.05, 0.1) is 0 Å². The van der Waals surface area contributed by atoms with Crippen molar-refractivity contribution in [2.45, 2.75) is 25.9 Å². The first-order valence-corrected chi connectivity index (χ1v) is 4.60. The zero-order valence-corrected chi connectivity index (χ0v) is 9.77. The second kappa shape index (κ2) is 5.47. The summed E-state index contributed by atoms with van der Waals surface area (Å²) >= 11 is 0. The molecule has 104 valence electrons. The monoisotopic (exact) mass is 273 g/mol. The number of halogens is 5. The summed E-state index contributed by atoms with van der Waals surface area (Å²) < 4.78 is 66.1. The summed E-state index contributed by atoms with van der Waals surface area (Å²) in [4.78, 5) is 11.8. The average molecular weight is 273 g/mol. The molecule has 0 radical (unpaired) electrons. The highest BCUT2D eigenvalue weighted by atomic mass is 19.4. The lowest BCUT2D eigenvalue weighted by Crippen LogP contribution is -2.55. The molecule has 0 fully saturated rings. The van der Waals surface area contributed by atoms with E-state index in [9.17, 15) is 26.7 Å². The van der Waals surface area contributed by atoms with E-state index in [0.717, 1.165) is 0 Å². The van der Waals surface area contributed by atoms with E-state index in [-0.39, 0.29) is 16.3 Å². The number of carbonyl (C=O) groups excluding carboxylic acids is 1. The number of ether oxygens (including phenoxy) is 1. The molecule has 0 saturated heterocycles. The van der Waals surface area contributed by atoms with Crippen molar-refractivity contribution in [2.75, 3.05) is 6.86 Å². The smallest absolute Gasteiger partial charge is 0.299 e. The Balaban J connectivity index is 5.58. The molecule has 1 amide bonds. The first-order valence-electron chi connectivity index (χ1n) is 4.60. The molecule has 18 heavy (non-hydrogen) atoms. The van der Waals surface area contributed by atoms with Gasteiger partial charge in [-0.3, -0.25) is 14.4 Å². The van der Waals surface area contributed by atoms with Gasteiger partial charge in [0, 0.05) is 11.4 Å². The van der Waals surface area contributed by atoms with Gasteiger partial charge in [0.25, 0.3) is 0 Å². The van der Waals surface area contributed by atoms with Crippen molar-refractivity contribution in [2.24, 2.45) is 0 Å². The van der Waals surface area contributed by atoms with Crippen molar-refractivity contribution < 1.29 is 31.5 Å². The molecule has 0 aromatic heterocycles. The molecule has 0 heterocycles. The summed E-state index contributed by atoms with van der Waals surface area (Å²) in [7, 11) is 0. The Kier molecular flexibility index (Phi) is 5.03. The molecule has 0 aromatic rings. The summed E-state index contributed by atoms with van der Waals surface area (Å²) in [6, 6.07) is 0. The van der Waals surface area contributed by atoms with Gasteiger partial charge in [-0.05, 0) is 13.8 Å². The molecule has 0 N–H and O–H groups in total. The predicted octanol–water partition coefficient (Wildman–Crippen LogP) is 3.05. The Hall–Kier alpha value is -1.44. The fourth-order valence-corrected chi connectivity index (χ4v) is 1.16. The van der Waals surface area contributed by atoms with E-state index in [1.807, 2.05) is 0 Å². The molecule has 0 saturated carbocycles. The standard InChI is InChI=1S/C10H12F5NO2/c1-6(2)16(7(3)4)8(17)9(12,18-5-11)10(13,14)15/h1,3,5H2,2,4H3. The van der Waals surface area contributed by atoms with Crippen molar-refractivity contribution in [3.05, 3.63) is 24.6 Å². The molecule has 0 aliphatic rings. The summed E-state index contributed by atoms with van der Waals surface area (Å²) in [6.45, 7) is 6.65. The molecule has 0 spiro atoms. The van der Waals surface area contributed by atoms with Crippen molar-refractivity contribution in [1.29, 1.82) is 0 Å². The maximum Gasteiger partial charge on any atom is 0.458 e. The van der Waals surface area contributed by atoms with Crippen LogP contribution in [0.3, 0.4) is 0 Å². The molecule has 0 bridgehead atoms. The Morgan fingerprint density at radius 2 is 1.56 bits per heavy atom. The quantitative estimate of drug-likeness (QED) is 0.720. The average Bonchev–Trinajstić information content (AvgIpc) is 2.14. The van der Waals surface area contributed by atoms with Gasteiger partial charge in [0.1, 0.15) is 0 Å². The largest absolute Gasteiger partial charge is 0.458 e. The van der Waals surface area contributed by atoms with E-state index in [4.69, 9.17) is 0 Å². The highest BCUT2D eigenvalue weighted by Crippen LogP contribution is 2.38. The number of hydrogen-bond donors (Lipinski definition) is 0. The van der Waals surface area contributed by atoms with Crippen LogP contribution in [0.4, 0.5) is 22.0 Å². The third-order valence-corrected chi connectivity index (χ3v) is 1.86. The number of hydrogen-bond acceptors (Lipinski definition) is 2. The van der Waals surface area contributed by atoms with Gasteiger partial charge < -0.3 is 0 Å². The fourth-order valence-electron chi connectivity index (χ4n) is 1.16. The van der Waals surface area contributed by atoms with Gasteiger partial charge in [0.15, 0.2) is 6.86 Å². The molecule has 8 heteroatoms. The van der Waals surface area contributed by atoms with Crippen molar-refractivity contribution in [3.63, 3.8) is 0 Å². The van der Waals surface area contributed by atoms with E-state index < -0.39 is 24.8 Å². The van der Waals surface area contributed by atoms with Gasteiger partial charge in [0.2, 0.25) is 0 Å². The van der Waals surface area contributed by atoms with Crippen LogP contribution >= 0.6 is 0 Å². The topological polar surface area (TPSA) is 29.5 Å². The number of carbonyl (C=O) groups is 1. The van der Waals surface area contributed by atoms with E-state index in [0.29, 0.717) is 0 Å². The Morgan fingerprint density at radius 1 is 1.17 bits per heavy atom. The van der Waals surface area contributed by atoms with Crippen LogP contribution in [0.25, 0.3) is 0 Å². The van der Waals surface area contributed by atoms with Gasteiger partial charge in [-0.2, -0.15) is 17.6 Å². The van der Waals surface area contributed by atoms with Crippen LogP contribution < -0.4 is 0 Å². The van der Waals surface area contributed by atoms with E-state index >= 15 is 0 Å². The number of amides is 1. The zero-order valence-electron chi connectivity index (χ0n) is 9.77. The van der Waals surface area contributed by atoms with Crippen LogP contribution in [0.1, 0.15) is 13.8 Å². The predicted molar refractivity (Wildman–Crippen MR) is 53.4 cm³/mol.